The molecular formula is C17H19N3. The highest BCUT2D eigenvalue weighted by Gasteiger charge is 2.49. The number of aliphatic imine (C=N–C) groups is 1. The number of allylic oxidation sites excluding steroid dienone is 1. The van der Waals surface area contributed by atoms with Crippen molar-refractivity contribution in [3.05, 3.63) is 42.1 Å². The Bertz CT molecular complexity index is 692. The Morgan fingerprint density at radius 3 is 2.75 bits per heavy atom. The van der Waals surface area contributed by atoms with Crippen LogP contribution in [0.25, 0.3) is 5.70 Å². The van der Waals surface area contributed by atoms with Gasteiger partial charge in [-0.2, -0.15) is 0 Å². The average molecular weight is 265 g/mol. The number of hydrogen-bond acceptors (Lipinski definition) is 3. The Morgan fingerprint density at radius 1 is 1.30 bits per heavy atom. The molecule has 1 aromatic carbocycles. The molecule has 1 aliphatic carbocycles. The molecule has 3 nitrogen and oxygen atoms in total. The molecule has 20 heavy (non-hydrogen) atoms. The first-order chi connectivity index (χ1) is 9.50. The lowest BCUT2D eigenvalue weighted by atomic mass is 9.86. The van der Waals surface area contributed by atoms with Gasteiger partial charge in [0.05, 0.1) is 5.69 Å². The molecule has 102 valence electrons. The van der Waals surface area contributed by atoms with Crippen molar-refractivity contribution in [2.24, 2.45) is 10.4 Å². The lowest BCUT2D eigenvalue weighted by Crippen LogP contribution is -2.31. The molecule has 0 aromatic heterocycles. The summed E-state index contributed by atoms with van der Waals surface area (Å²) in [6.45, 7) is 10.4. The number of nitrogens with one attached hydrogen (secondary N) is 1. The van der Waals surface area contributed by atoms with Crippen molar-refractivity contribution < 1.29 is 0 Å². The van der Waals surface area contributed by atoms with Gasteiger partial charge in [-0.15, -0.1) is 0 Å². The zero-order chi connectivity index (χ0) is 14.1. The number of hydrogen-bond donors (Lipinski definition) is 1. The maximum atomic E-state index is 4.62. The molecule has 0 radical (unpaired) electrons. The van der Waals surface area contributed by atoms with Gasteiger partial charge in [-0.1, -0.05) is 13.2 Å². The molecular weight excluding hydrogens is 246 g/mol. The van der Waals surface area contributed by atoms with E-state index in [1.165, 1.54) is 29.8 Å². The molecule has 0 unspecified atom stereocenters. The summed E-state index contributed by atoms with van der Waals surface area (Å²) in [6.07, 6.45) is 3.64. The molecule has 1 N–H and O–H groups in total. The van der Waals surface area contributed by atoms with Crippen LogP contribution in [0.15, 0.2) is 36.0 Å². The van der Waals surface area contributed by atoms with Crippen LogP contribution < -0.4 is 10.2 Å². The molecule has 3 aliphatic rings. The highest BCUT2D eigenvalue weighted by Crippen LogP contribution is 2.59. The molecule has 0 saturated heterocycles. The van der Waals surface area contributed by atoms with Gasteiger partial charge in [0.25, 0.3) is 0 Å². The summed E-state index contributed by atoms with van der Waals surface area (Å²) < 4.78 is 0. The SMILES string of the molecule is C=C1NC(C)=Nc2cc3c(cc21)N(C)C(=C)C1(CC1)C3. The fourth-order valence-electron chi connectivity index (χ4n) is 3.49. The van der Waals surface area contributed by atoms with Gasteiger partial charge in [-0.05, 0) is 43.9 Å². The maximum absolute atomic E-state index is 4.62. The molecule has 1 aromatic rings. The van der Waals surface area contributed by atoms with Gasteiger partial charge >= 0.3 is 0 Å². The average Bonchev–Trinajstić information content (AvgIpc) is 3.15. The van der Waals surface area contributed by atoms with E-state index < -0.39 is 0 Å². The second-order valence-electron chi connectivity index (χ2n) is 6.26. The first-order valence-electron chi connectivity index (χ1n) is 7.12. The molecule has 2 aliphatic heterocycles. The van der Waals surface area contributed by atoms with Gasteiger partial charge < -0.3 is 10.2 Å². The Kier molecular flexibility index (Phi) is 2.08. The van der Waals surface area contributed by atoms with Crippen molar-refractivity contribution in [3.8, 4) is 0 Å². The van der Waals surface area contributed by atoms with Gasteiger partial charge in [0, 0.05) is 35.1 Å². The minimum atomic E-state index is 0.332. The Morgan fingerprint density at radius 2 is 2.05 bits per heavy atom. The molecule has 1 fully saturated rings. The second kappa shape index (κ2) is 3.54. The molecule has 1 spiro atoms. The molecule has 2 heterocycles. The number of benzene rings is 1. The van der Waals surface area contributed by atoms with Crippen LogP contribution in [0.4, 0.5) is 11.4 Å². The van der Waals surface area contributed by atoms with Gasteiger partial charge in [0.1, 0.15) is 5.84 Å². The van der Waals surface area contributed by atoms with Crippen LogP contribution in [0.5, 0.6) is 0 Å². The fraction of sp³-hybridized carbons (Fsp3) is 0.353. The van der Waals surface area contributed by atoms with Crippen molar-refractivity contribution in [1.82, 2.24) is 5.32 Å². The van der Waals surface area contributed by atoms with Crippen LogP contribution in [-0.4, -0.2) is 12.9 Å². The van der Waals surface area contributed by atoms with Crippen LogP contribution in [-0.2, 0) is 6.42 Å². The summed E-state index contributed by atoms with van der Waals surface area (Å²) in [5, 5.41) is 3.21. The van der Waals surface area contributed by atoms with E-state index in [2.05, 4.69) is 47.5 Å². The number of amidine groups is 1. The van der Waals surface area contributed by atoms with Gasteiger partial charge in [-0.3, -0.25) is 0 Å². The standard InChI is InChI=1S/C17H19N3/c1-10-14-8-16-13(7-15(14)19-12(3)18-10)9-17(5-6-17)11(2)20(16)4/h7-8H,1-2,5-6,9H2,3-4H3,(H,18,19). The van der Waals surface area contributed by atoms with Crippen molar-refractivity contribution in [2.75, 3.05) is 11.9 Å². The normalized spacial score (nSPS) is 22.1. The number of fused-ring (bicyclic) bond motifs is 2. The summed E-state index contributed by atoms with van der Waals surface area (Å²) in [4.78, 5) is 6.87. The van der Waals surface area contributed by atoms with Crippen molar-refractivity contribution in [2.45, 2.75) is 26.2 Å². The molecule has 0 atom stereocenters. The van der Waals surface area contributed by atoms with E-state index in [0.717, 1.165) is 29.2 Å². The summed E-state index contributed by atoms with van der Waals surface area (Å²) in [5.74, 6) is 0.914. The summed E-state index contributed by atoms with van der Waals surface area (Å²) in [5.41, 5.74) is 7.31. The zero-order valence-electron chi connectivity index (χ0n) is 12.1. The van der Waals surface area contributed by atoms with E-state index in [0.29, 0.717) is 5.41 Å². The quantitative estimate of drug-likeness (QED) is 0.776. The van der Waals surface area contributed by atoms with Crippen LogP contribution in [0.1, 0.15) is 30.9 Å². The topological polar surface area (TPSA) is 27.6 Å². The largest absolute Gasteiger partial charge is 0.348 e. The van der Waals surface area contributed by atoms with Crippen LogP contribution in [0.2, 0.25) is 0 Å². The van der Waals surface area contributed by atoms with E-state index in [4.69, 9.17) is 0 Å². The predicted molar refractivity (Wildman–Crippen MR) is 84.3 cm³/mol. The van der Waals surface area contributed by atoms with Crippen LogP contribution in [0.3, 0.4) is 0 Å². The lowest BCUT2D eigenvalue weighted by molar-refractivity contribution is 0.567. The molecule has 0 amide bonds. The molecule has 1 saturated carbocycles. The maximum Gasteiger partial charge on any atom is 0.103 e. The van der Waals surface area contributed by atoms with Crippen LogP contribution in [0, 0.1) is 5.41 Å². The second-order valence-corrected chi connectivity index (χ2v) is 6.26. The monoisotopic (exact) mass is 265 g/mol. The van der Waals surface area contributed by atoms with Crippen molar-refractivity contribution in [1.29, 1.82) is 0 Å². The van der Waals surface area contributed by atoms with E-state index in [1.807, 2.05) is 6.92 Å². The summed E-state index contributed by atoms with van der Waals surface area (Å²) in [7, 11) is 2.13. The lowest BCUT2D eigenvalue weighted by Gasteiger charge is -2.37. The summed E-state index contributed by atoms with van der Waals surface area (Å²) >= 11 is 0. The highest BCUT2D eigenvalue weighted by molar-refractivity contribution is 5.97. The number of nitrogens with zero attached hydrogens (tertiary/aromatic N) is 2. The first kappa shape index (κ1) is 11.8. The minimum Gasteiger partial charge on any atom is -0.348 e. The Labute approximate surface area is 119 Å². The smallest absolute Gasteiger partial charge is 0.103 e. The van der Waals surface area contributed by atoms with E-state index >= 15 is 0 Å². The van der Waals surface area contributed by atoms with Crippen molar-refractivity contribution >= 4 is 22.9 Å². The summed E-state index contributed by atoms with van der Waals surface area (Å²) in [6, 6.07) is 4.44. The Balaban J connectivity index is 1.90. The molecule has 0 bridgehead atoms. The third-order valence-corrected chi connectivity index (χ3v) is 4.90. The minimum absolute atomic E-state index is 0.332. The number of rotatable bonds is 0. The first-order valence-corrected chi connectivity index (χ1v) is 7.12. The van der Waals surface area contributed by atoms with E-state index in [9.17, 15) is 0 Å². The molecule has 3 heteroatoms. The predicted octanol–water partition coefficient (Wildman–Crippen LogP) is 3.60. The van der Waals surface area contributed by atoms with Crippen molar-refractivity contribution in [3.63, 3.8) is 0 Å². The number of anilines is 1. The third-order valence-electron chi connectivity index (χ3n) is 4.90. The van der Waals surface area contributed by atoms with Gasteiger partial charge in [0.15, 0.2) is 0 Å². The van der Waals surface area contributed by atoms with Gasteiger partial charge in [-0.25, -0.2) is 4.99 Å². The van der Waals surface area contributed by atoms with Gasteiger partial charge in [0.2, 0.25) is 0 Å². The Hall–Kier alpha value is -2.03. The molecule has 4 rings (SSSR count). The van der Waals surface area contributed by atoms with E-state index in [-0.39, 0.29) is 0 Å². The van der Waals surface area contributed by atoms with Crippen LogP contribution >= 0.6 is 0 Å². The fourth-order valence-corrected chi connectivity index (χ4v) is 3.49. The highest BCUT2D eigenvalue weighted by atomic mass is 15.1. The third kappa shape index (κ3) is 1.43. The zero-order valence-corrected chi connectivity index (χ0v) is 12.1. The van der Waals surface area contributed by atoms with E-state index in [1.54, 1.807) is 0 Å².